The Labute approximate surface area is 177 Å². The molecule has 0 saturated carbocycles. The van der Waals surface area contributed by atoms with Gasteiger partial charge >= 0.3 is 0 Å². The molecule has 1 amide bonds. The number of para-hydroxylation sites is 1. The maximum atomic E-state index is 12.3. The van der Waals surface area contributed by atoms with E-state index < -0.39 is 0 Å². The van der Waals surface area contributed by atoms with E-state index in [1.54, 1.807) is 18.2 Å². The molecule has 8 heteroatoms. The molecule has 0 aliphatic carbocycles. The molecule has 1 N–H and O–H groups in total. The SMILES string of the molecule is N#CCCCOc1cccc(/C=C(/Cl)c2nnc(C(=O)Nc3ccccc3)s2)c1. The second-order valence-electron chi connectivity index (χ2n) is 5.91. The first-order valence-corrected chi connectivity index (χ1v) is 10.0. The van der Waals surface area contributed by atoms with Gasteiger partial charge in [-0.05, 0) is 42.3 Å². The van der Waals surface area contributed by atoms with Gasteiger partial charge in [0.25, 0.3) is 5.91 Å². The molecule has 0 atom stereocenters. The van der Waals surface area contributed by atoms with Gasteiger partial charge in [0.2, 0.25) is 5.01 Å². The van der Waals surface area contributed by atoms with Crippen molar-refractivity contribution in [1.29, 1.82) is 5.26 Å². The van der Waals surface area contributed by atoms with Crippen LogP contribution in [0.2, 0.25) is 0 Å². The Morgan fingerprint density at radius 3 is 2.76 bits per heavy atom. The van der Waals surface area contributed by atoms with Crippen molar-refractivity contribution < 1.29 is 9.53 Å². The third kappa shape index (κ3) is 6.14. The molecule has 146 valence electrons. The lowest BCUT2D eigenvalue weighted by Crippen LogP contribution is -2.11. The fraction of sp³-hybridized carbons (Fsp3) is 0.143. The molecule has 0 aliphatic rings. The first-order valence-electron chi connectivity index (χ1n) is 8.83. The van der Waals surface area contributed by atoms with Crippen LogP contribution in [0.4, 0.5) is 5.69 Å². The fourth-order valence-electron chi connectivity index (χ4n) is 2.36. The lowest BCUT2D eigenvalue weighted by Gasteiger charge is -2.05. The number of carbonyl (C=O) groups is 1. The quantitative estimate of drug-likeness (QED) is 0.501. The Kier molecular flexibility index (Phi) is 7.34. The molecule has 2 aromatic carbocycles. The summed E-state index contributed by atoms with van der Waals surface area (Å²) in [5, 5.41) is 20.3. The van der Waals surface area contributed by atoms with E-state index in [0.29, 0.717) is 40.9 Å². The lowest BCUT2D eigenvalue weighted by atomic mass is 10.2. The Morgan fingerprint density at radius 1 is 1.17 bits per heavy atom. The van der Waals surface area contributed by atoms with E-state index in [1.807, 2.05) is 42.5 Å². The monoisotopic (exact) mass is 424 g/mol. The minimum Gasteiger partial charge on any atom is -0.494 e. The number of benzene rings is 2. The highest BCUT2D eigenvalue weighted by Gasteiger charge is 2.14. The van der Waals surface area contributed by atoms with E-state index in [4.69, 9.17) is 21.6 Å². The van der Waals surface area contributed by atoms with Gasteiger partial charge in [-0.3, -0.25) is 4.79 Å². The van der Waals surface area contributed by atoms with E-state index in [1.165, 1.54) is 0 Å². The highest BCUT2D eigenvalue weighted by Crippen LogP contribution is 2.27. The number of hydrogen-bond donors (Lipinski definition) is 1. The number of rotatable bonds is 8. The maximum absolute atomic E-state index is 12.3. The topological polar surface area (TPSA) is 87.9 Å². The number of nitrogens with one attached hydrogen (secondary N) is 1. The molecule has 1 heterocycles. The fourth-order valence-corrected chi connectivity index (χ4v) is 3.29. The number of hydrogen-bond acceptors (Lipinski definition) is 6. The normalized spacial score (nSPS) is 11.0. The molecule has 1 aromatic heterocycles. The van der Waals surface area contributed by atoms with Gasteiger partial charge in [-0.15, -0.1) is 10.2 Å². The van der Waals surface area contributed by atoms with Gasteiger partial charge in [-0.25, -0.2) is 0 Å². The Hall–Kier alpha value is -3.21. The van der Waals surface area contributed by atoms with Gasteiger partial charge in [0, 0.05) is 12.1 Å². The molecule has 0 radical (unpaired) electrons. The second kappa shape index (κ2) is 10.4. The standard InChI is InChI=1S/C21H17ClN4O2S/c22-18(14-15-7-6-10-17(13-15)28-12-5-4-11-23)20-25-26-21(29-20)19(27)24-16-8-2-1-3-9-16/h1-3,6-10,13-14H,4-5,12H2,(H,24,27)/b18-14+. The Balaban J connectivity index is 1.66. The molecule has 3 aromatic rings. The van der Waals surface area contributed by atoms with E-state index in [9.17, 15) is 4.79 Å². The number of nitrogens with zero attached hydrogens (tertiary/aromatic N) is 3. The van der Waals surface area contributed by atoms with E-state index >= 15 is 0 Å². The van der Waals surface area contributed by atoms with Crippen molar-refractivity contribution in [3.63, 3.8) is 0 Å². The zero-order valence-corrected chi connectivity index (χ0v) is 16.9. The average molecular weight is 425 g/mol. The number of unbranched alkanes of at least 4 members (excludes halogenated alkanes) is 1. The van der Waals surface area contributed by atoms with Crippen molar-refractivity contribution in [2.45, 2.75) is 12.8 Å². The minimum atomic E-state index is -0.336. The number of carbonyl (C=O) groups excluding carboxylic acids is 1. The minimum absolute atomic E-state index is 0.227. The smallest absolute Gasteiger partial charge is 0.286 e. The molecule has 0 bridgehead atoms. The third-order valence-corrected chi connectivity index (χ3v) is 5.06. The van der Waals surface area contributed by atoms with Crippen LogP contribution in [-0.2, 0) is 0 Å². The summed E-state index contributed by atoms with van der Waals surface area (Å²) in [5.74, 6) is 0.360. The first kappa shape index (κ1) is 20.5. The molecule has 3 rings (SSSR count). The summed E-state index contributed by atoms with van der Waals surface area (Å²) in [4.78, 5) is 12.3. The number of amides is 1. The summed E-state index contributed by atoms with van der Waals surface area (Å²) in [5.41, 5.74) is 1.51. The van der Waals surface area contributed by atoms with Crippen LogP contribution in [0.15, 0.2) is 54.6 Å². The van der Waals surface area contributed by atoms with Crippen LogP contribution in [0.3, 0.4) is 0 Å². The molecule has 0 fully saturated rings. The maximum Gasteiger partial charge on any atom is 0.286 e. The van der Waals surface area contributed by atoms with Crippen LogP contribution < -0.4 is 10.1 Å². The van der Waals surface area contributed by atoms with Gasteiger partial charge in [-0.1, -0.05) is 53.3 Å². The zero-order valence-electron chi connectivity index (χ0n) is 15.3. The van der Waals surface area contributed by atoms with Gasteiger partial charge in [0.05, 0.1) is 17.7 Å². The molecule has 6 nitrogen and oxygen atoms in total. The van der Waals surface area contributed by atoms with Gasteiger partial charge in [-0.2, -0.15) is 5.26 Å². The van der Waals surface area contributed by atoms with Crippen molar-refractivity contribution in [2.24, 2.45) is 0 Å². The van der Waals surface area contributed by atoms with Gasteiger partial charge in [0.1, 0.15) is 5.75 Å². The summed E-state index contributed by atoms with van der Waals surface area (Å²) in [6, 6.07) is 18.6. The number of ether oxygens (including phenoxy) is 1. The molecular formula is C21H17ClN4O2S. The van der Waals surface area contributed by atoms with Crippen LogP contribution in [0.25, 0.3) is 11.1 Å². The van der Waals surface area contributed by atoms with Crippen molar-refractivity contribution in [3.8, 4) is 11.8 Å². The number of aromatic nitrogens is 2. The van der Waals surface area contributed by atoms with E-state index in [2.05, 4.69) is 21.6 Å². The largest absolute Gasteiger partial charge is 0.494 e. The highest BCUT2D eigenvalue weighted by molar-refractivity contribution is 7.15. The Morgan fingerprint density at radius 2 is 1.97 bits per heavy atom. The van der Waals surface area contributed by atoms with Crippen LogP contribution in [0.5, 0.6) is 5.75 Å². The molecule has 0 unspecified atom stereocenters. The third-order valence-electron chi connectivity index (χ3n) is 3.71. The number of anilines is 1. The molecule has 0 spiro atoms. The number of halogens is 1. The van der Waals surface area contributed by atoms with E-state index in [0.717, 1.165) is 16.9 Å². The summed E-state index contributed by atoms with van der Waals surface area (Å²) in [6.07, 6.45) is 2.88. The van der Waals surface area contributed by atoms with E-state index in [-0.39, 0.29) is 10.9 Å². The molecule has 29 heavy (non-hydrogen) atoms. The van der Waals surface area contributed by atoms with Gasteiger partial charge in [0.15, 0.2) is 5.01 Å². The zero-order chi connectivity index (χ0) is 20.5. The Bertz CT molecular complexity index is 1040. The lowest BCUT2D eigenvalue weighted by molar-refractivity contribution is 0.102. The molecule has 0 aliphatic heterocycles. The van der Waals surface area contributed by atoms with Crippen LogP contribution in [-0.4, -0.2) is 22.7 Å². The van der Waals surface area contributed by atoms with Crippen LogP contribution in [0, 0.1) is 11.3 Å². The second-order valence-corrected chi connectivity index (χ2v) is 7.29. The van der Waals surface area contributed by atoms with Crippen molar-refractivity contribution in [3.05, 3.63) is 70.2 Å². The summed E-state index contributed by atoms with van der Waals surface area (Å²) >= 11 is 7.49. The first-order chi connectivity index (χ1) is 14.2. The van der Waals surface area contributed by atoms with Crippen molar-refractivity contribution in [2.75, 3.05) is 11.9 Å². The van der Waals surface area contributed by atoms with Crippen LogP contribution >= 0.6 is 22.9 Å². The van der Waals surface area contributed by atoms with Gasteiger partial charge < -0.3 is 10.1 Å². The predicted molar refractivity (Wildman–Crippen MR) is 115 cm³/mol. The molecule has 0 saturated heterocycles. The summed E-state index contributed by atoms with van der Waals surface area (Å²) in [7, 11) is 0. The van der Waals surface area contributed by atoms with Crippen molar-refractivity contribution in [1.82, 2.24) is 10.2 Å². The molecular weight excluding hydrogens is 408 g/mol. The summed E-state index contributed by atoms with van der Waals surface area (Å²) in [6.45, 7) is 0.477. The number of nitriles is 1. The predicted octanol–water partition coefficient (Wildman–Crippen LogP) is 5.21. The van der Waals surface area contributed by atoms with Crippen LogP contribution in [0.1, 0.15) is 33.2 Å². The summed E-state index contributed by atoms with van der Waals surface area (Å²) < 4.78 is 5.63. The average Bonchev–Trinajstić information content (AvgIpc) is 3.23. The highest BCUT2D eigenvalue weighted by atomic mass is 35.5. The van der Waals surface area contributed by atoms with Crippen molar-refractivity contribution >= 4 is 45.6 Å².